The van der Waals surface area contributed by atoms with Gasteiger partial charge in [-0.25, -0.2) is 0 Å². The van der Waals surface area contributed by atoms with Crippen LogP contribution in [0.1, 0.15) is 0 Å². The molecule has 0 aliphatic rings. The van der Waals surface area contributed by atoms with Crippen LogP contribution in [0.4, 0.5) is 0 Å². The molecule has 0 spiro atoms. The number of hydrogen-bond acceptors (Lipinski definition) is 2. The third-order valence-corrected chi connectivity index (χ3v) is 0. The summed E-state index contributed by atoms with van der Waals surface area (Å²) >= 11 is 0. The van der Waals surface area contributed by atoms with Gasteiger partial charge in [-0.15, -0.1) is 0 Å². The molecule has 0 aromatic rings. The molecule has 0 aromatic carbocycles. The van der Waals surface area contributed by atoms with E-state index in [0.717, 1.165) is 0 Å². The van der Waals surface area contributed by atoms with Crippen molar-refractivity contribution in [2.24, 2.45) is 0 Å². The molecular weight excluding hydrogens is 124 g/mol. The Kier molecular flexibility index (Phi) is 83.6. The summed E-state index contributed by atoms with van der Waals surface area (Å²) in [5.74, 6) is 0. The molecule has 32 valence electrons. The first-order valence-corrected chi connectivity index (χ1v) is 0.855. The van der Waals surface area contributed by atoms with Gasteiger partial charge < -0.3 is 10.8 Å². The predicted molar refractivity (Wildman–Crippen MR) is 23.9 cm³/mol. The first-order chi connectivity index (χ1) is 2.83. The summed E-state index contributed by atoms with van der Waals surface area (Å²) in [5, 5.41) is 13.5. The number of isocyanates is 2. The third-order valence-electron chi connectivity index (χ3n) is 0. The maximum Gasteiger partial charge on any atom is 2.00 e. The summed E-state index contributed by atoms with van der Waals surface area (Å²) in [6.45, 7) is 0. The van der Waals surface area contributed by atoms with Gasteiger partial charge >= 0.3 is 37.7 Å². The Hall–Kier alpha value is 0.0197. The number of rotatable bonds is 0. The molecule has 0 bridgehead atoms. The summed E-state index contributed by atoms with van der Waals surface area (Å²) in [7, 11) is 0. The molecule has 0 aliphatic carbocycles. The molecule has 0 rings (SSSR count). The van der Waals surface area contributed by atoms with Gasteiger partial charge in [-0.2, -0.15) is 0 Å². The molecule has 5 heteroatoms. The van der Waals surface area contributed by atoms with E-state index in [1.54, 1.807) is 0 Å². The van der Waals surface area contributed by atoms with E-state index in [9.17, 15) is 0 Å². The van der Waals surface area contributed by atoms with Gasteiger partial charge in [0.2, 0.25) is 0 Å². The maximum absolute atomic E-state index is 8.24. The summed E-state index contributed by atoms with van der Waals surface area (Å²) < 4.78 is 0. The van der Waals surface area contributed by atoms with E-state index in [2.05, 4.69) is 0 Å². The molecule has 0 amide bonds. The van der Waals surface area contributed by atoms with Crippen LogP contribution in [-0.2, 0) is 9.59 Å². The molecule has 0 aromatic heterocycles. The second kappa shape index (κ2) is 37.2. The zero-order chi connectivity index (χ0) is 5.41. The average Bonchev–Trinajstić information content (AvgIpc) is 1.39. The summed E-state index contributed by atoms with van der Waals surface area (Å²) in [6.07, 6.45) is 1.00. The first-order valence-electron chi connectivity index (χ1n) is 0.855. The Balaban J connectivity index is -0.0000000400. The molecule has 0 radical (unpaired) electrons. The van der Waals surface area contributed by atoms with Crippen molar-refractivity contribution in [3.05, 3.63) is 10.8 Å². The molecule has 0 fully saturated rings. The monoisotopic (exact) mass is 124 g/mol. The Morgan fingerprint density at radius 2 is 1.00 bits per heavy atom. The van der Waals surface area contributed by atoms with Crippen LogP contribution in [0.3, 0.4) is 0 Å². The van der Waals surface area contributed by atoms with Crippen LogP contribution >= 0.6 is 0 Å². The largest absolute Gasteiger partial charge is 2.00 e. The van der Waals surface area contributed by atoms with Crippen LogP contribution in [0.15, 0.2) is 0 Å². The van der Waals surface area contributed by atoms with Crippen LogP contribution in [0.25, 0.3) is 10.8 Å². The van der Waals surface area contributed by atoms with E-state index in [4.69, 9.17) is 20.4 Å². The fourth-order valence-electron chi connectivity index (χ4n) is 0. The van der Waals surface area contributed by atoms with Gasteiger partial charge in [0, 0.05) is 0 Å². The quantitative estimate of drug-likeness (QED) is 0.245. The van der Waals surface area contributed by atoms with E-state index in [-0.39, 0.29) is 37.7 Å². The second-order valence-corrected chi connectivity index (χ2v) is 0.183. The SMILES string of the molecule is [Ca+2].[N-]=C=O.[N-]=C=O. The van der Waals surface area contributed by atoms with Gasteiger partial charge in [-0.1, -0.05) is 0 Å². The van der Waals surface area contributed by atoms with Crippen molar-refractivity contribution in [1.82, 2.24) is 0 Å². The van der Waals surface area contributed by atoms with Crippen molar-refractivity contribution in [3.63, 3.8) is 0 Å². The van der Waals surface area contributed by atoms with Crippen molar-refractivity contribution in [2.75, 3.05) is 0 Å². The molecule has 0 heterocycles. The zero-order valence-electron chi connectivity index (χ0n) is 3.42. The minimum atomic E-state index is 0. The predicted octanol–water partition coefficient (Wildman–Crippen LogP) is -0.598. The molecule has 0 aliphatic heterocycles. The van der Waals surface area contributed by atoms with Crippen LogP contribution in [0.2, 0.25) is 0 Å². The number of carbonyl (C=O) groups excluding carboxylic acids is 2. The summed E-state index contributed by atoms with van der Waals surface area (Å²) in [6, 6.07) is 0. The van der Waals surface area contributed by atoms with Crippen LogP contribution in [-0.4, -0.2) is 49.9 Å². The van der Waals surface area contributed by atoms with Crippen molar-refractivity contribution >= 4 is 49.9 Å². The van der Waals surface area contributed by atoms with Gasteiger partial charge in [0.25, 0.3) is 0 Å². The molecule has 0 atom stereocenters. The third kappa shape index (κ3) is 250000. The normalized spacial score (nSPS) is 2.29. The Morgan fingerprint density at radius 1 is 1.00 bits per heavy atom. The molecule has 0 unspecified atom stereocenters. The van der Waals surface area contributed by atoms with Crippen LogP contribution in [0.5, 0.6) is 0 Å². The van der Waals surface area contributed by atoms with Gasteiger partial charge in [0.05, 0.1) is 0 Å². The van der Waals surface area contributed by atoms with Crippen molar-refractivity contribution in [3.8, 4) is 0 Å². The Labute approximate surface area is 69.9 Å². The smallest absolute Gasteiger partial charge is 0.724 e. The van der Waals surface area contributed by atoms with E-state index < -0.39 is 0 Å². The van der Waals surface area contributed by atoms with E-state index in [1.807, 2.05) is 0 Å². The van der Waals surface area contributed by atoms with Gasteiger partial charge in [-0.3, -0.25) is 9.59 Å². The van der Waals surface area contributed by atoms with Gasteiger partial charge in [-0.05, 0) is 12.2 Å². The van der Waals surface area contributed by atoms with E-state index in [0.29, 0.717) is 12.2 Å². The van der Waals surface area contributed by atoms with Crippen LogP contribution in [0, 0.1) is 0 Å². The standard InChI is InChI=1S/2CNO.Ca/c2*2-1-3;/q2*-1;+2. The zero-order valence-corrected chi connectivity index (χ0v) is 5.63. The fraction of sp³-hybridized carbons (Fsp3) is 0. The number of hydrogen-bond donors (Lipinski definition) is 0. The average molecular weight is 124 g/mol. The first kappa shape index (κ1) is 15.7. The molecule has 0 saturated heterocycles. The molecule has 0 saturated carbocycles. The van der Waals surface area contributed by atoms with Crippen molar-refractivity contribution < 1.29 is 9.59 Å². The molecular formula is C2CaN2O2. The Bertz CT molecular complexity index is 67.7. The van der Waals surface area contributed by atoms with Crippen molar-refractivity contribution in [1.29, 1.82) is 0 Å². The van der Waals surface area contributed by atoms with E-state index in [1.165, 1.54) is 0 Å². The number of nitrogens with zero attached hydrogens (tertiary/aromatic N) is 2. The summed E-state index contributed by atoms with van der Waals surface area (Å²) in [4.78, 5) is 16.5. The van der Waals surface area contributed by atoms with Crippen LogP contribution < -0.4 is 0 Å². The topological polar surface area (TPSA) is 78.7 Å². The van der Waals surface area contributed by atoms with E-state index >= 15 is 0 Å². The minimum Gasteiger partial charge on any atom is -0.724 e. The molecule has 7 heavy (non-hydrogen) atoms. The second-order valence-electron chi connectivity index (χ2n) is 0.183. The van der Waals surface area contributed by atoms with Gasteiger partial charge in [0.1, 0.15) is 0 Å². The van der Waals surface area contributed by atoms with Gasteiger partial charge in [0.15, 0.2) is 0 Å². The minimum absolute atomic E-state index is 0. The Morgan fingerprint density at radius 3 is 1.00 bits per heavy atom. The summed E-state index contributed by atoms with van der Waals surface area (Å²) in [5.41, 5.74) is 0. The van der Waals surface area contributed by atoms with Crippen molar-refractivity contribution in [2.45, 2.75) is 0 Å². The molecule has 0 N–H and O–H groups in total. The molecule has 4 nitrogen and oxygen atoms in total. The maximum atomic E-state index is 8.24. The fourth-order valence-corrected chi connectivity index (χ4v) is 0.